The minimum absolute atomic E-state index is 1.17. The summed E-state index contributed by atoms with van der Waals surface area (Å²) in [5.74, 6) is 0. The number of aromatic nitrogens is 1. The highest BCUT2D eigenvalue weighted by atomic mass is 14.9. The molecule has 0 bridgehead atoms. The van der Waals surface area contributed by atoms with Crippen LogP contribution in [0.2, 0.25) is 0 Å². The lowest BCUT2D eigenvalue weighted by Crippen LogP contribution is -2.25. The fraction of sp³-hybridized carbons (Fsp3) is 0.250. The van der Waals surface area contributed by atoms with Crippen molar-refractivity contribution in [3.8, 4) is 0 Å². The molecule has 0 N–H and O–H groups in total. The molecular formula is C12H14N+. The van der Waals surface area contributed by atoms with E-state index < -0.39 is 0 Å². The molecule has 66 valence electrons. The van der Waals surface area contributed by atoms with Gasteiger partial charge in [-0.3, -0.25) is 0 Å². The number of pyridine rings is 1. The van der Waals surface area contributed by atoms with Crippen molar-refractivity contribution in [1.82, 2.24) is 0 Å². The van der Waals surface area contributed by atoms with Crippen LogP contribution in [0.25, 0.3) is 5.57 Å². The van der Waals surface area contributed by atoms with Crippen molar-refractivity contribution in [3.63, 3.8) is 0 Å². The Labute approximate surface area is 79.0 Å². The SMILES string of the molecule is C[n+]1ccc(C2=CC=CCC2)cc1. The van der Waals surface area contributed by atoms with Gasteiger partial charge in [-0.2, -0.15) is 0 Å². The van der Waals surface area contributed by atoms with Gasteiger partial charge >= 0.3 is 0 Å². The highest BCUT2D eigenvalue weighted by Gasteiger charge is 2.03. The quantitative estimate of drug-likeness (QED) is 0.572. The van der Waals surface area contributed by atoms with Crippen LogP contribution in [0.4, 0.5) is 0 Å². The molecule has 1 nitrogen and oxygen atoms in total. The Bertz CT molecular complexity index is 344. The van der Waals surface area contributed by atoms with E-state index in [1.165, 1.54) is 24.0 Å². The third-order valence-electron chi connectivity index (χ3n) is 2.36. The first-order chi connectivity index (χ1) is 6.36. The standard InChI is InChI=1S/C12H14N/c1-13-9-7-12(8-10-13)11-5-3-2-4-6-11/h2-3,5,7-10H,4,6H2,1H3/q+1. The van der Waals surface area contributed by atoms with Gasteiger partial charge in [-0.05, 0) is 24.0 Å². The fourth-order valence-electron chi connectivity index (χ4n) is 1.56. The molecule has 1 aromatic heterocycles. The smallest absolute Gasteiger partial charge is 0.169 e. The molecule has 1 aliphatic rings. The van der Waals surface area contributed by atoms with E-state index in [9.17, 15) is 0 Å². The van der Waals surface area contributed by atoms with Gasteiger partial charge in [0.2, 0.25) is 0 Å². The molecule has 0 unspecified atom stereocenters. The first-order valence-corrected chi connectivity index (χ1v) is 4.67. The molecule has 0 radical (unpaired) electrons. The van der Waals surface area contributed by atoms with E-state index in [-0.39, 0.29) is 0 Å². The first kappa shape index (κ1) is 8.24. The molecule has 13 heavy (non-hydrogen) atoms. The van der Waals surface area contributed by atoms with Crippen molar-refractivity contribution < 1.29 is 4.57 Å². The Kier molecular flexibility index (Phi) is 2.26. The summed E-state index contributed by atoms with van der Waals surface area (Å²) in [5, 5.41) is 0. The number of hydrogen-bond donors (Lipinski definition) is 0. The Hall–Kier alpha value is -1.37. The van der Waals surface area contributed by atoms with Crippen molar-refractivity contribution in [2.75, 3.05) is 0 Å². The maximum absolute atomic E-state index is 2.21. The second kappa shape index (κ2) is 3.56. The topological polar surface area (TPSA) is 3.88 Å². The molecule has 0 atom stereocenters. The minimum Gasteiger partial charge on any atom is -0.208 e. The summed E-state index contributed by atoms with van der Waals surface area (Å²) in [6, 6.07) is 4.34. The molecule has 2 rings (SSSR count). The first-order valence-electron chi connectivity index (χ1n) is 4.67. The van der Waals surface area contributed by atoms with Crippen LogP contribution in [0.15, 0.2) is 42.8 Å². The molecule has 0 saturated carbocycles. The van der Waals surface area contributed by atoms with Gasteiger partial charge in [0.15, 0.2) is 12.4 Å². The third-order valence-corrected chi connectivity index (χ3v) is 2.36. The van der Waals surface area contributed by atoms with Crippen LogP contribution < -0.4 is 4.57 Å². The predicted octanol–water partition coefficient (Wildman–Crippen LogP) is 2.24. The average Bonchev–Trinajstić information content (AvgIpc) is 2.20. The van der Waals surface area contributed by atoms with Crippen LogP contribution in [0.5, 0.6) is 0 Å². The van der Waals surface area contributed by atoms with E-state index >= 15 is 0 Å². The van der Waals surface area contributed by atoms with Gasteiger partial charge in [-0.25, -0.2) is 4.57 Å². The van der Waals surface area contributed by atoms with Crippen molar-refractivity contribution in [2.45, 2.75) is 12.8 Å². The highest BCUT2D eigenvalue weighted by Crippen LogP contribution is 2.21. The molecule has 0 aromatic carbocycles. The molecule has 1 heterocycles. The van der Waals surface area contributed by atoms with Crippen molar-refractivity contribution in [2.24, 2.45) is 7.05 Å². The summed E-state index contributed by atoms with van der Waals surface area (Å²) >= 11 is 0. The Balaban J connectivity index is 2.30. The second-order valence-corrected chi connectivity index (χ2v) is 3.41. The number of nitrogens with zero attached hydrogens (tertiary/aromatic N) is 1. The van der Waals surface area contributed by atoms with Crippen molar-refractivity contribution in [1.29, 1.82) is 0 Å². The lowest BCUT2D eigenvalue weighted by molar-refractivity contribution is -0.671. The predicted molar refractivity (Wildman–Crippen MR) is 54.0 cm³/mol. The lowest BCUT2D eigenvalue weighted by atomic mass is 9.98. The van der Waals surface area contributed by atoms with Crippen molar-refractivity contribution in [3.05, 3.63) is 48.3 Å². The maximum atomic E-state index is 2.21. The van der Waals surface area contributed by atoms with Gasteiger partial charge in [0, 0.05) is 12.1 Å². The Morgan fingerprint density at radius 1 is 1.23 bits per heavy atom. The van der Waals surface area contributed by atoms with Crippen LogP contribution in [-0.2, 0) is 7.05 Å². The number of aryl methyl sites for hydroxylation is 1. The summed E-state index contributed by atoms with van der Waals surface area (Å²) in [5.41, 5.74) is 2.80. The summed E-state index contributed by atoms with van der Waals surface area (Å²) in [4.78, 5) is 0. The van der Waals surface area contributed by atoms with Gasteiger partial charge in [0.1, 0.15) is 7.05 Å². The Morgan fingerprint density at radius 3 is 2.62 bits per heavy atom. The maximum Gasteiger partial charge on any atom is 0.169 e. The zero-order valence-electron chi connectivity index (χ0n) is 7.90. The van der Waals surface area contributed by atoms with Crippen LogP contribution in [0.3, 0.4) is 0 Å². The molecule has 0 fully saturated rings. The molecule has 1 aliphatic carbocycles. The molecule has 0 saturated heterocycles. The molecule has 1 aromatic rings. The van der Waals surface area contributed by atoms with E-state index in [4.69, 9.17) is 0 Å². The Morgan fingerprint density at radius 2 is 2.00 bits per heavy atom. The van der Waals surface area contributed by atoms with E-state index in [1.807, 2.05) is 7.05 Å². The summed E-state index contributed by atoms with van der Waals surface area (Å²) < 4.78 is 2.06. The fourth-order valence-corrected chi connectivity index (χ4v) is 1.56. The van der Waals surface area contributed by atoms with Crippen LogP contribution in [-0.4, -0.2) is 0 Å². The van der Waals surface area contributed by atoms with E-state index in [2.05, 4.69) is 47.3 Å². The van der Waals surface area contributed by atoms with Gasteiger partial charge in [0.25, 0.3) is 0 Å². The van der Waals surface area contributed by atoms with E-state index in [0.717, 1.165) is 0 Å². The molecule has 0 amide bonds. The minimum atomic E-state index is 1.17. The molecule has 0 spiro atoms. The second-order valence-electron chi connectivity index (χ2n) is 3.41. The van der Waals surface area contributed by atoms with Crippen LogP contribution in [0, 0.1) is 0 Å². The van der Waals surface area contributed by atoms with Crippen LogP contribution in [0.1, 0.15) is 18.4 Å². The summed E-state index contributed by atoms with van der Waals surface area (Å²) in [7, 11) is 2.04. The van der Waals surface area contributed by atoms with E-state index in [1.54, 1.807) is 0 Å². The zero-order chi connectivity index (χ0) is 9.10. The van der Waals surface area contributed by atoms with Gasteiger partial charge in [0.05, 0.1) is 0 Å². The molecule has 1 heteroatoms. The van der Waals surface area contributed by atoms with Crippen LogP contribution >= 0.6 is 0 Å². The summed E-state index contributed by atoms with van der Waals surface area (Å²) in [6.45, 7) is 0. The number of allylic oxidation sites excluding steroid dienone is 4. The van der Waals surface area contributed by atoms with Gasteiger partial charge < -0.3 is 0 Å². The highest BCUT2D eigenvalue weighted by molar-refractivity contribution is 5.67. The van der Waals surface area contributed by atoms with Gasteiger partial charge in [-0.15, -0.1) is 0 Å². The molecular weight excluding hydrogens is 158 g/mol. The summed E-state index contributed by atoms with van der Waals surface area (Å²) in [6.07, 6.45) is 13.1. The van der Waals surface area contributed by atoms with Gasteiger partial charge in [-0.1, -0.05) is 18.2 Å². The lowest BCUT2D eigenvalue weighted by Gasteiger charge is -2.07. The monoisotopic (exact) mass is 172 g/mol. The zero-order valence-corrected chi connectivity index (χ0v) is 7.90. The molecule has 0 aliphatic heterocycles. The van der Waals surface area contributed by atoms with E-state index in [0.29, 0.717) is 0 Å². The largest absolute Gasteiger partial charge is 0.208 e. The third kappa shape index (κ3) is 1.86. The number of hydrogen-bond acceptors (Lipinski definition) is 0. The van der Waals surface area contributed by atoms with Crippen molar-refractivity contribution >= 4 is 5.57 Å². The normalized spacial score (nSPS) is 15.6. The number of rotatable bonds is 1. The average molecular weight is 172 g/mol.